The number of hydrogen-bond acceptors (Lipinski definition) is 2. The topological polar surface area (TPSA) is 21.3 Å². The van der Waals surface area contributed by atoms with Gasteiger partial charge in [0.05, 0.1) is 16.7 Å². The zero-order valence-corrected chi connectivity index (χ0v) is 33.2. The van der Waals surface area contributed by atoms with Crippen molar-refractivity contribution in [3.05, 3.63) is 231 Å². The summed E-state index contributed by atoms with van der Waals surface area (Å²) in [6, 6.07) is 82.9. The van der Waals surface area contributed by atoms with Crippen LogP contribution in [-0.4, -0.2) is 4.57 Å². The van der Waals surface area contributed by atoms with Crippen LogP contribution in [0.4, 0.5) is 17.1 Å². The number of rotatable bonds is 7. The predicted octanol–water partition coefficient (Wildman–Crippen LogP) is 16.3. The van der Waals surface area contributed by atoms with E-state index in [9.17, 15) is 0 Å². The van der Waals surface area contributed by atoms with Crippen molar-refractivity contribution in [1.29, 1.82) is 0 Å². The van der Waals surface area contributed by atoms with Crippen LogP contribution in [0.2, 0.25) is 0 Å². The Morgan fingerprint density at radius 3 is 1.74 bits per heavy atom. The van der Waals surface area contributed by atoms with Crippen LogP contribution < -0.4 is 4.90 Å². The van der Waals surface area contributed by atoms with Crippen LogP contribution in [0.15, 0.2) is 235 Å². The SMILES string of the molecule is c1ccc(-c2ccc(N(c3cccc(-c4ccccc4)c3)c3cccc4c5c(-c6ccccc6)c6c(cc5n(-c5ccc7ccccc7c5)c34)oc3ccccc36)cc2)cc1. The fourth-order valence-corrected chi connectivity index (χ4v) is 9.38. The molecule has 3 nitrogen and oxygen atoms in total. The Morgan fingerprint density at radius 1 is 0.361 bits per heavy atom. The summed E-state index contributed by atoms with van der Waals surface area (Å²) in [4.78, 5) is 2.43. The van der Waals surface area contributed by atoms with Crippen LogP contribution >= 0.6 is 0 Å². The maximum Gasteiger partial charge on any atom is 0.138 e. The Morgan fingerprint density at radius 2 is 0.967 bits per heavy atom. The minimum atomic E-state index is 0.864. The third-order valence-corrected chi connectivity index (χ3v) is 12.1. The number of benzene rings is 10. The smallest absolute Gasteiger partial charge is 0.138 e. The zero-order chi connectivity index (χ0) is 40.3. The van der Waals surface area contributed by atoms with Gasteiger partial charge in [-0.15, -0.1) is 0 Å². The molecule has 0 fully saturated rings. The molecule has 0 aliphatic heterocycles. The van der Waals surface area contributed by atoms with Gasteiger partial charge in [0.15, 0.2) is 0 Å². The molecule has 0 radical (unpaired) electrons. The van der Waals surface area contributed by atoms with Gasteiger partial charge in [0.1, 0.15) is 11.2 Å². The normalized spacial score (nSPS) is 11.6. The summed E-state index contributed by atoms with van der Waals surface area (Å²) in [5.74, 6) is 0. The molecular formula is C58H38N2O. The molecule has 2 aromatic heterocycles. The van der Waals surface area contributed by atoms with Crippen molar-refractivity contribution >= 4 is 71.6 Å². The number of hydrogen-bond donors (Lipinski definition) is 0. The summed E-state index contributed by atoms with van der Waals surface area (Å²) in [6.45, 7) is 0. The van der Waals surface area contributed by atoms with E-state index in [1.165, 1.54) is 38.4 Å². The largest absolute Gasteiger partial charge is 0.456 e. The molecular weight excluding hydrogens is 741 g/mol. The number of aromatic nitrogens is 1. The molecule has 2 heterocycles. The van der Waals surface area contributed by atoms with Gasteiger partial charge in [-0.3, -0.25) is 0 Å². The maximum atomic E-state index is 6.78. The first-order valence-electron chi connectivity index (χ1n) is 20.8. The van der Waals surface area contributed by atoms with E-state index in [-0.39, 0.29) is 0 Å². The molecule has 0 amide bonds. The Balaban J connectivity index is 1.22. The Bertz CT molecular complexity index is 3570. The molecule has 286 valence electrons. The van der Waals surface area contributed by atoms with Crippen LogP contribution in [-0.2, 0) is 0 Å². The monoisotopic (exact) mass is 778 g/mol. The molecule has 0 unspecified atom stereocenters. The summed E-state index contributed by atoms with van der Waals surface area (Å²) in [6.07, 6.45) is 0. The molecule has 0 saturated carbocycles. The van der Waals surface area contributed by atoms with Crippen molar-refractivity contribution in [2.75, 3.05) is 4.90 Å². The molecule has 0 aliphatic rings. The summed E-state index contributed by atoms with van der Waals surface area (Å²) in [5.41, 5.74) is 15.2. The molecule has 10 aromatic carbocycles. The van der Waals surface area contributed by atoms with Gasteiger partial charge in [-0.05, 0) is 87.1 Å². The number of furan rings is 1. The molecule has 12 rings (SSSR count). The fourth-order valence-electron chi connectivity index (χ4n) is 9.38. The lowest BCUT2D eigenvalue weighted by atomic mass is 9.94. The van der Waals surface area contributed by atoms with Crippen molar-refractivity contribution in [2.24, 2.45) is 0 Å². The highest BCUT2D eigenvalue weighted by Gasteiger charge is 2.26. The Hall–Kier alpha value is -8.14. The van der Waals surface area contributed by atoms with E-state index in [1.54, 1.807) is 0 Å². The number of nitrogens with zero attached hydrogens (tertiary/aromatic N) is 2. The van der Waals surface area contributed by atoms with Gasteiger partial charge in [0, 0.05) is 50.2 Å². The van der Waals surface area contributed by atoms with Crippen molar-refractivity contribution in [3.8, 4) is 39.1 Å². The van der Waals surface area contributed by atoms with Crippen LogP contribution in [0.1, 0.15) is 0 Å². The zero-order valence-electron chi connectivity index (χ0n) is 33.2. The van der Waals surface area contributed by atoms with Crippen molar-refractivity contribution in [1.82, 2.24) is 4.57 Å². The average molecular weight is 779 g/mol. The lowest BCUT2D eigenvalue weighted by molar-refractivity contribution is 0.669. The average Bonchev–Trinajstić information content (AvgIpc) is 3.88. The van der Waals surface area contributed by atoms with Crippen LogP contribution in [0.3, 0.4) is 0 Å². The molecule has 0 saturated heterocycles. The van der Waals surface area contributed by atoms with E-state index >= 15 is 0 Å². The highest BCUT2D eigenvalue weighted by Crippen LogP contribution is 2.50. The number of para-hydroxylation sites is 2. The van der Waals surface area contributed by atoms with E-state index in [1.807, 2.05) is 0 Å². The molecule has 0 atom stereocenters. The number of anilines is 3. The van der Waals surface area contributed by atoms with Crippen molar-refractivity contribution in [3.63, 3.8) is 0 Å². The van der Waals surface area contributed by atoms with Crippen LogP contribution in [0.25, 0.3) is 93.6 Å². The second kappa shape index (κ2) is 14.3. The summed E-state index contributed by atoms with van der Waals surface area (Å²) in [5, 5.41) is 6.98. The first-order valence-corrected chi connectivity index (χ1v) is 20.8. The van der Waals surface area contributed by atoms with Gasteiger partial charge in [0.2, 0.25) is 0 Å². The molecule has 0 N–H and O–H groups in total. The first-order chi connectivity index (χ1) is 30.3. The lowest BCUT2D eigenvalue weighted by Crippen LogP contribution is -2.12. The molecule has 12 aromatic rings. The van der Waals surface area contributed by atoms with Gasteiger partial charge in [-0.2, -0.15) is 0 Å². The highest BCUT2D eigenvalue weighted by atomic mass is 16.3. The van der Waals surface area contributed by atoms with Crippen molar-refractivity contribution in [2.45, 2.75) is 0 Å². The highest BCUT2D eigenvalue weighted by molar-refractivity contribution is 6.28. The third kappa shape index (κ3) is 5.82. The molecule has 61 heavy (non-hydrogen) atoms. The summed E-state index contributed by atoms with van der Waals surface area (Å²) in [7, 11) is 0. The fraction of sp³-hybridized carbons (Fsp3) is 0. The van der Waals surface area contributed by atoms with Gasteiger partial charge in [-0.25, -0.2) is 0 Å². The first kappa shape index (κ1) is 34.9. The van der Waals surface area contributed by atoms with Crippen LogP contribution in [0, 0.1) is 0 Å². The van der Waals surface area contributed by atoms with Crippen molar-refractivity contribution < 1.29 is 4.42 Å². The maximum absolute atomic E-state index is 6.78. The molecule has 0 spiro atoms. The number of fused-ring (bicyclic) bond motifs is 7. The molecule has 0 aliphatic carbocycles. The molecule has 3 heteroatoms. The Labute approximate surface area is 353 Å². The van der Waals surface area contributed by atoms with Gasteiger partial charge in [0.25, 0.3) is 0 Å². The van der Waals surface area contributed by atoms with Gasteiger partial charge >= 0.3 is 0 Å². The minimum Gasteiger partial charge on any atom is -0.456 e. The predicted molar refractivity (Wildman–Crippen MR) is 257 cm³/mol. The molecule has 0 bridgehead atoms. The second-order valence-electron chi connectivity index (χ2n) is 15.7. The summed E-state index contributed by atoms with van der Waals surface area (Å²) >= 11 is 0. The quantitative estimate of drug-likeness (QED) is 0.161. The third-order valence-electron chi connectivity index (χ3n) is 12.1. The van der Waals surface area contributed by atoms with E-state index in [4.69, 9.17) is 4.42 Å². The standard InChI is InChI=1S/C58H38N2O/c1-4-16-39(17-5-1)42-30-33-46(34-31-42)59(47-25-14-24-45(36-47)40-18-6-2-7-19-40)51-28-15-27-50-56-52(60(58(50)51)48-35-32-41-20-10-11-23-44(41)37-48)38-54-57(49-26-12-13-29-53(49)61-54)55(56)43-21-8-3-9-22-43/h1-38H. The minimum absolute atomic E-state index is 0.864. The van der Waals surface area contributed by atoms with E-state index in [0.29, 0.717) is 0 Å². The Kier molecular flexibility index (Phi) is 8.17. The second-order valence-corrected chi connectivity index (χ2v) is 15.7. The van der Waals surface area contributed by atoms with E-state index < -0.39 is 0 Å². The summed E-state index contributed by atoms with van der Waals surface area (Å²) < 4.78 is 9.25. The van der Waals surface area contributed by atoms with Gasteiger partial charge < -0.3 is 13.9 Å². The van der Waals surface area contributed by atoms with Crippen LogP contribution in [0.5, 0.6) is 0 Å². The van der Waals surface area contributed by atoms with E-state index in [2.05, 4.69) is 240 Å². The van der Waals surface area contributed by atoms with Gasteiger partial charge in [-0.1, -0.05) is 176 Å². The van der Waals surface area contributed by atoms with E-state index in [0.717, 1.165) is 72.2 Å². The lowest BCUT2D eigenvalue weighted by Gasteiger charge is -2.28.